The van der Waals surface area contributed by atoms with E-state index in [1.165, 1.54) is 18.2 Å². The Bertz CT molecular complexity index is 1330. The molecule has 0 bridgehead atoms. The fraction of sp³-hybridized carbons (Fsp3) is 0.160. The first-order valence-electron chi connectivity index (χ1n) is 10.6. The molecule has 34 heavy (non-hydrogen) atoms. The van der Waals surface area contributed by atoms with Gasteiger partial charge in [-0.15, -0.1) is 0 Å². The van der Waals surface area contributed by atoms with E-state index in [-0.39, 0.29) is 11.7 Å². The number of anilines is 3. The highest BCUT2D eigenvalue weighted by Crippen LogP contribution is 2.30. The number of rotatable bonds is 9. The summed E-state index contributed by atoms with van der Waals surface area (Å²) in [6.07, 6.45) is 6.29. The molecule has 8 nitrogen and oxygen atoms in total. The summed E-state index contributed by atoms with van der Waals surface area (Å²) in [5.41, 5.74) is 3.28. The number of imidazole rings is 1. The number of hydrogen-bond acceptors (Lipinski definition) is 6. The van der Waals surface area contributed by atoms with Gasteiger partial charge in [0, 0.05) is 17.8 Å². The number of hydrogen-bond donors (Lipinski definition) is 2. The van der Waals surface area contributed by atoms with Gasteiger partial charge in [-0.2, -0.15) is 0 Å². The first-order chi connectivity index (χ1) is 16.4. The second-order valence-corrected chi connectivity index (χ2v) is 7.84. The van der Waals surface area contributed by atoms with E-state index in [0.29, 0.717) is 40.8 Å². The molecule has 2 aromatic carbocycles. The first-order valence-corrected chi connectivity index (χ1v) is 10.6. The molecule has 0 fully saturated rings. The number of carbonyl (C=O) groups excluding carboxylic acids is 1. The van der Waals surface area contributed by atoms with Crippen molar-refractivity contribution < 1.29 is 13.9 Å². The number of ether oxygens (including phenoxy) is 1. The maximum absolute atomic E-state index is 13.7. The third kappa shape index (κ3) is 5.38. The summed E-state index contributed by atoms with van der Waals surface area (Å²) < 4.78 is 21.4. The van der Waals surface area contributed by atoms with Crippen LogP contribution in [-0.4, -0.2) is 52.4 Å². The van der Waals surface area contributed by atoms with E-state index >= 15 is 0 Å². The van der Waals surface area contributed by atoms with Gasteiger partial charge in [-0.1, -0.05) is 18.7 Å². The molecule has 4 aromatic rings. The van der Waals surface area contributed by atoms with Crippen molar-refractivity contribution in [3.05, 3.63) is 79.5 Å². The van der Waals surface area contributed by atoms with Crippen LogP contribution in [0.25, 0.3) is 16.9 Å². The SMILES string of the molecule is C=CC(=O)Nc1cc(Nc2cn3c(-c4cccc(F)c4)cnc3cn2)ccc1OCCN(C)C. The van der Waals surface area contributed by atoms with Gasteiger partial charge in [0.05, 0.1) is 30.0 Å². The van der Waals surface area contributed by atoms with Crippen LogP contribution in [-0.2, 0) is 4.79 Å². The topological polar surface area (TPSA) is 83.8 Å². The van der Waals surface area contributed by atoms with E-state index < -0.39 is 0 Å². The van der Waals surface area contributed by atoms with Gasteiger partial charge in [0.25, 0.3) is 0 Å². The molecule has 4 rings (SSSR count). The quantitative estimate of drug-likeness (QED) is 0.362. The Hall–Kier alpha value is -4.24. The summed E-state index contributed by atoms with van der Waals surface area (Å²) >= 11 is 0. The van der Waals surface area contributed by atoms with Crippen molar-refractivity contribution in [1.29, 1.82) is 0 Å². The minimum Gasteiger partial charge on any atom is -0.490 e. The van der Waals surface area contributed by atoms with Crippen LogP contribution in [0, 0.1) is 5.82 Å². The van der Waals surface area contributed by atoms with Gasteiger partial charge in [-0.25, -0.2) is 14.4 Å². The molecule has 2 N–H and O–H groups in total. The van der Waals surface area contributed by atoms with Gasteiger partial charge in [0.1, 0.15) is 24.0 Å². The molecule has 174 valence electrons. The molecule has 0 aliphatic heterocycles. The molecule has 9 heteroatoms. The number of nitrogens with one attached hydrogen (secondary N) is 2. The predicted molar refractivity (Wildman–Crippen MR) is 131 cm³/mol. The molecule has 0 spiro atoms. The predicted octanol–water partition coefficient (Wildman–Crippen LogP) is 4.34. The van der Waals surface area contributed by atoms with Crippen LogP contribution < -0.4 is 15.4 Å². The molecular formula is C25H25FN6O2. The minimum absolute atomic E-state index is 0.318. The summed E-state index contributed by atoms with van der Waals surface area (Å²) in [7, 11) is 3.92. The van der Waals surface area contributed by atoms with E-state index in [9.17, 15) is 9.18 Å². The Labute approximate surface area is 196 Å². The van der Waals surface area contributed by atoms with E-state index in [0.717, 1.165) is 12.2 Å². The summed E-state index contributed by atoms with van der Waals surface area (Å²) in [4.78, 5) is 22.7. The highest BCUT2D eigenvalue weighted by atomic mass is 19.1. The van der Waals surface area contributed by atoms with Crippen LogP contribution >= 0.6 is 0 Å². The average Bonchev–Trinajstić information content (AvgIpc) is 3.23. The second kappa shape index (κ2) is 10.1. The third-order valence-corrected chi connectivity index (χ3v) is 5.01. The number of halogens is 1. The number of benzene rings is 2. The van der Waals surface area contributed by atoms with E-state index in [2.05, 4.69) is 27.2 Å². The maximum Gasteiger partial charge on any atom is 0.247 e. The van der Waals surface area contributed by atoms with Crippen molar-refractivity contribution in [1.82, 2.24) is 19.3 Å². The standard InChI is InChI=1S/C25H25FN6O2/c1-4-25(33)30-20-13-19(8-9-22(20)34-11-10-31(2)3)29-23-16-32-21(14-28-24(32)15-27-23)17-6-5-7-18(26)12-17/h4-9,12-16,29H,1,10-11H2,2-3H3,(H,30,33). The largest absolute Gasteiger partial charge is 0.490 e. The average molecular weight is 461 g/mol. The lowest BCUT2D eigenvalue weighted by Gasteiger charge is -2.16. The molecule has 0 unspecified atom stereocenters. The van der Waals surface area contributed by atoms with Crippen LogP contribution in [0.4, 0.5) is 21.6 Å². The Kier molecular flexibility index (Phi) is 6.84. The van der Waals surface area contributed by atoms with Crippen molar-refractivity contribution in [2.45, 2.75) is 0 Å². The first kappa shape index (κ1) is 22.9. The highest BCUT2D eigenvalue weighted by molar-refractivity contribution is 6.00. The maximum atomic E-state index is 13.7. The molecule has 0 saturated heterocycles. The number of fused-ring (bicyclic) bond motifs is 1. The Morgan fingerprint density at radius 1 is 1.21 bits per heavy atom. The normalized spacial score (nSPS) is 10.9. The molecule has 1 amide bonds. The Morgan fingerprint density at radius 3 is 2.82 bits per heavy atom. The Morgan fingerprint density at radius 2 is 2.06 bits per heavy atom. The van der Waals surface area contributed by atoms with Crippen LogP contribution in [0.2, 0.25) is 0 Å². The monoisotopic (exact) mass is 460 g/mol. The zero-order chi connectivity index (χ0) is 24.1. The lowest BCUT2D eigenvalue weighted by molar-refractivity contribution is -0.111. The van der Waals surface area contributed by atoms with Crippen LogP contribution in [0.1, 0.15) is 0 Å². The third-order valence-electron chi connectivity index (χ3n) is 5.01. The van der Waals surface area contributed by atoms with Gasteiger partial charge in [-0.05, 0) is 50.5 Å². The lowest BCUT2D eigenvalue weighted by atomic mass is 10.1. The summed E-state index contributed by atoms with van der Waals surface area (Å²) in [5.74, 6) is 0.439. The number of likely N-dealkylation sites (N-methyl/N-ethyl adjacent to an activating group) is 1. The molecule has 0 aliphatic carbocycles. The molecule has 0 aliphatic rings. The van der Waals surface area contributed by atoms with Gasteiger partial charge >= 0.3 is 0 Å². The van der Waals surface area contributed by atoms with Crippen molar-refractivity contribution in [2.24, 2.45) is 0 Å². The van der Waals surface area contributed by atoms with Crippen LogP contribution in [0.5, 0.6) is 5.75 Å². The smallest absolute Gasteiger partial charge is 0.247 e. The van der Waals surface area contributed by atoms with Crippen molar-refractivity contribution >= 4 is 28.7 Å². The fourth-order valence-corrected chi connectivity index (χ4v) is 3.32. The van der Waals surface area contributed by atoms with Crippen LogP contribution in [0.3, 0.4) is 0 Å². The van der Waals surface area contributed by atoms with E-state index in [4.69, 9.17) is 4.74 Å². The molecule has 2 aromatic heterocycles. The van der Waals surface area contributed by atoms with Crippen molar-refractivity contribution in [3.63, 3.8) is 0 Å². The van der Waals surface area contributed by atoms with E-state index in [1.54, 1.807) is 36.8 Å². The van der Waals surface area contributed by atoms with Gasteiger partial charge in [0.15, 0.2) is 5.65 Å². The Balaban J connectivity index is 1.61. The van der Waals surface area contributed by atoms with Crippen LogP contribution in [0.15, 0.2) is 73.7 Å². The highest BCUT2D eigenvalue weighted by Gasteiger charge is 2.11. The van der Waals surface area contributed by atoms with Gasteiger partial charge in [0.2, 0.25) is 5.91 Å². The molecule has 0 radical (unpaired) electrons. The molecule has 0 saturated carbocycles. The molecular weight excluding hydrogens is 435 g/mol. The van der Waals surface area contributed by atoms with E-state index in [1.807, 2.05) is 35.5 Å². The fourth-order valence-electron chi connectivity index (χ4n) is 3.32. The number of nitrogens with zero attached hydrogens (tertiary/aromatic N) is 4. The number of carbonyl (C=O) groups is 1. The zero-order valence-corrected chi connectivity index (χ0v) is 19.0. The molecule has 2 heterocycles. The lowest BCUT2D eigenvalue weighted by Crippen LogP contribution is -2.20. The minimum atomic E-state index is -0.340. The van der Waals surface area contributed by atoms with Crippen molar-refractivity contribution in [2.75, 3.05) is 37.9 Å². The summed E-state index contributed by atoms with van der Waals surface area (Å²) in [6, 6.07) is 11.7. The summed E-state index contributed by atoms with van der Waals surface area (Å²) in [6.45, 7) is 4.71. The number of aromatic nitrogens is 3. The van der Waals surface area contributed by atoms with Gasteiger partial charge in [-0.3, -0.25) is 9.20 Å². The second-order valence-electron chi connectivity index (χ2n) is 7.84. The van der Waals surface area contributed by atoms with Gasteiger partial charge < -0.3 is 20.3 Å². The van der Waals surface area contributed by atoms with Crippen molar-refractivity contribution in [3.8, 4) is 17.0 Å². The summed E-state index contributed by atoms with van der Waals surface area (Å²) in [5, 5.41) is 6.01. The zero-order valence-electron chi connectivity index (χ0n) is 19.0. The number of amides is 1. The molecule has 0 atom stereocenters.